The zero-order chi connectivity index (χ0) is 32.5. The minimum absolute atomic E-state index is 0.0603. The van der Waals surface area contributed by atoms with Gasteiger partial charge in [0, 0.05) is 23.9 Å². The summed E-state index contributed by atoms with van der Waals surface area (Å²) in [6, 6.07) is 7.71. The second kappa shape index (κ2) is 12.4. The molecule has 2 amide bonds. The molecule has 20 heteroatoms. The molecule has 45 heavy (non-hydrogen) atoms. The molecule has 4 heterocycles. The van der Waals surface area contributed by atoms with Gasteiger partial charge in [-0.25, -0.2) is 14.8 Å². The van der Waals surface area contributed by atoms with Gasteiger partial charge in [0.25, 0.3) is 17.9 Å². The number of anilines is 2. The molecule has 240 valence electrons. The van der Waals surface area contributed by atoms with Crippen LogP contribution in [0.3, 0.4) is 0 Å². The Morgan fingerprint density at radius 3 is 2.62 bits per heavy atom. The average molecular weight is 665 g/mol. The number of nitrogens with one attached hydrogen (secondary N) is 3. The largest absolute Gasteiger partial charge is 0.489 e. The lowest BCUT2D eigenvalue weighted by Crippen LogP contribution is -2.76. The lowest BCUT2D eigenvalue weighted by atomic mass is 9.84. The van der Waals surface area contributed by atoms with Gasteiger partial charge in [0.2, 0.25) is 0 Å². The van der Waals surface area contributed by atoms with Crippen LogP contribution in [0.5, 0.6) is 5.75 Å². The second-order valence-corrected chi connectivity index (χ2v) is 12.4. The number of carboxylic acids is 1. The van der Waals surface area contributed by atoms with E-state index in [1.54, 1.807) is 18.2 Å². The number of hydrogen-bond donors (Lipinski definition) is 6. The fraction of sp³-hybridized carbons (Fsp3) is 0.360. The van der Waals surface area contributed by atoms with E-state index in [9.17, 15) is 27.9 Å². The molecule has 0 radical (unpaired) electrons. The fourth-order valence-corrected chi connectivity index (χ4v) is 5.33. The number of pyridine rings is 1. The third-order valence-electron chi connectivity index (χ3n) is 6.84. The molecule has 7 N–H and O–H groups in total. The quantitative estimate of drug-likeness (QED) is 0.0596. The van der Waals surface area contributed by atoms with Crippen LogP contribution in [-0.2, 0) is 33.9 Å². The number of thiazole rings is 1. The average Bonchev–Trinajstić information content (AvgIpc) is 3.38. The molecule has 1 aromatic carbocycles. The van der Waals surface area contributed by atoms with Gasteiger partial charge in [0.15, 0.2) is 10.8 Å². The number of hydrogen-bond acceptors (Lipinski definition) is 15. The topological polar surface area (TPSA) is 257 Å². The van der Waals surface area contributed by atoms with Crippen molar-refractivity contribution in [3.63, 3.8) is 0 Å². The number of benzene rings is 1. The summed E-state index contributed by atoms with van der Waals surface area (Å²) in [7, 11) is -5.01. The van der Waals surface area contributed by atoms with E-state index in [2.05, 4.69) is 35.4 Å². The van der Waals surface area contributed by atoms with Crippen LogP contribution in [0, 0.1) is 0 Å². The van der Waals surface area contributed by atoms with Gasteiger partial charge in [-0.05, 0) is 44.2 Å². The maximum absolute atomic E-state index is 13.2. The number of amides is 2. The number of ether oxygens (including phenoxy) is 1. The minimum atomic E-state index is -5.01. The zero-order valence-electron chi connectivity index (χ0n) is 23.7. The summed E-state index contributed by atoms with van der Waals surface area (Å²) in [6.07, 6.45) is -1.68. The molecule has 2 unspecified atom stereocenters. The first-order chi connectivity index (χ1) is 21.2. The molecule has 2 aromatic heterocycles. The summed E-state index contributed by atoms with van der Waals surface area (Å²) < 4.78 is 41.0. The summed E-state index contributed by atoms with van der Waals surface area (Å²) in [5.74, 6) is -2.40. The van der Waals surface area contributed by atoms with Gasteiger partial charge in [-0.2, -0.15) is 13.5 Å². The number of rotatable bonds is 13. The smallest absolute Gasteiger partial charge is 0.418 e. The number of aliphatic carboxylic acids is 1. The first-order valence-corrected chi connectivity index (χ1v) is 15.5. The molecule has 0 spiro atoms. The first-order valence-electron chi connectivity index (χ1n) is 13.2. The SMILES string of the molecule is CC1(C)C(NC(=O)C(=NOC(COc2ccc3nc(NC4CNC4)ccc3c2)C(=O)O)c2csc(N)n2)C(=O)N1OS(=O)(=O)O. The number of nitrogens with two attached hydrogens (primary N) is 1. The number of β-lactam (4-membered cyclic amide) rings is 1. The van der Waals surface area contributed by atoms with E-state index in [-0.39, 0.29) is 10.8 Å². The maximum Gasteiger partial charge on any atom is 0.418 e. The molecule has 18 nitrogen and oxygen atoms in total. The number of oxime groups is 1. The van der Waals surface area contributed by atoms with Crippen molar-refractivity contribution in [2.24, 2.45) is 5.16 Å². The Bertz CT molecular complexity index is 1780. The molecular weight excluding hydrogens is 636 g/mol. The normalized spacial score (nSPS) is 18.9. The van der Waals surface area contributed by atoms with E-state index in [4.69, 9.17) is 19.9 Å². The molecule has 0 bridgehead atoms. The highest BCUT2D eigenvalue weighted by molar-refractivity contribution is 7.80. The van der Waals surface area contributed by atoms with Gasteiger partial charge in [0.1, 0.15) is 29.9 Å². The lowest BCUT2D eigenvalue weighted by molar-refractivity contribution is -0.218. The molecule has 2 aliphatic rings. The summed E-state index contributed by atoms with van der Waals surface area (Å²) >= 11 is 0.960. The van der Waals surface area contributed by atoms with E-state index in [1.165, 1.54) is 19.2 Å². The molecule has 0 aliphatic carbocycles. The number of carboxylic acid groups (broad SMARTS) is 1. The van der Waals surface area contributed by atoms with Gasteiger partial charge in [-0.15, -0.1) is 15.6 Å². The second-order valence-electron chi connectivity index (χ2n) is 10.5. The Labute approximate surface area is 259 Å². The highest BCUT2D eigenvalue weighted by Gasteiger charge is 2.58. The first kappa shape index (κ1) is 31.8. The number of fused-ring (bicyclic) bond motifs is 1. The molecule has 2 atom stereocenters. The van der Waals surface area contributed by atoms with E-state index < -0.39 is 58.2 Å². The van der Waals surface area contributed by atoms with Crippen molar-refractivity contribution in [2.75, 3.05) is 30.7 Å². The van der Waals surface area contributed by atoms with Crippen molar-refractivity contribution in [1.29, 1.82) is 0 Å². The van der Waals surface area contributed by atoms with Crippen LogP contribution in [0.15, 0.2) is 40.9 Å². The lowest BCUT2D eigenvalue weighted by Gasteiger charge is -2.50. The number of nitrogens with zero attached hydrogens (tertiary/aromatic N) is 4. The van der Waals surface area contributed by atoms with Crippen LogP contribution in [0.25, 0.3) is 10.9 Å². The summed E-state index contributed by atoms with van der Waals surface area (Å²) in [6.45, 7) is 3.94. The van der Waals surface area contributed by atoms with Crippen LogP contribution < -0.4 is 26.4 Å². The summed E-state index contributed by atoms with van der Waals surface area (Å²) in [5.41, 5.74) is 4.36. The van der Waals surface area contributed by atoms with Crippen molar-refractivity contribution in [3.05, 3.63) is 41.4 Å². The number of hydroxylamine groups is 2. The highest BCUT2D eigenvalue weighted by atomic mass is 32.3. The Balaban J connectivity index is 1.27. The maximum atomic E-state index is 13.2. The molecular formula is C25H28N8O10S2. The zero-order valence-corrected chi connectivity index (χ0v) is 25.3. The number of aromatic nitrogens is 2. The van der Waals surface area contributed by atoms with Crippen LogP contribution in [0.1, 0.15) is 19.5 Å². The van der Waals surface area contributed by atoms with E-state index >= 15 is 0 Å². The van der Waals surface area contributed by atoms with Crippen LogP contribution in [-0.4, -0.2) is 100 Å². The van der Waals surface area contributed by atoms with Crippen molar-refractivity contribution in [3.8, 4) is 5.75 Å². The van der Waals surface area contributed by atoms with E-state index in [0.717, 1.165) is 35.6 Å². The minimum Gasteiger partial charge on any atom is -0.489 e. The van der Waals surface area contributed by atoms with Crippen LogP contribution in [0.2, 0.25) is 0 Å². The Morgan fingerprint density at radius 2 is 2.02 bits per heavy atom. The molecule has 3 aromatic rings. The van der Waals surface area contributed by atoms with E-state index in [0.29, 0.717) is 22.4 Å². The number of carbonyl (C=O) groups excluding carboxylic acids is 2. The standard InChI is InChI=1S/C25H28N8O10S2/c1-25(2)20(22(35)33(25)43-45(38,39)40)31-21(34)19(16-11-44-24(26)30-16)32-42-17(23(36)37)10-41-14-4-5-15-12(7-14)3-6-18(29-15)28-13-8-27-9-13/h3-7,11,13,17,20,27H,8-10H2,1-2H3,(H2,26,30)(H,28,29)(H,31,34)(H,36,37)(H,38,39,40). The van der Waals surface area contributed by atoms with Gasteiger partial charge in [-0.3, -0.25) is 14.1 Å². The van der Waals surface area contributed by atoms with E-state index in [1.807, 2.05) is 12.1 Å². The summed E-state index contributed by atoms with van der Waals surface area (Å²) in [5, 5.41) is 24.9. The Morgan fingerprint density at radius 1 is 1.27 bits per heavy atom. The molecule has 5 rings (SSSR count). The fourth-order valence-electron chi connectivity index (χ4n) is 4.33. The Kier molecular flexibility index (Phi) is 8.76. The summed E-state index contributed by atoms with van der Waals surface area (Å²) in [4.78, 5) is 51.4. The van der Waals surface area contributed by atoms with Crippen molar-refractivity contribution >= 4 is 67.1 Å². The highest BCUT2D eigenvalue weighted by Crippen LogP contribution is 2.33. The predicted octanol–water partition coefficient (Wildman–Crippen LogP) is -0.250. The Hall–Kier alpha value is -4.63. The monoisotopic (exact) mass is 664 g/mol. The van der Waals surface area contributed by atoms with Crippen LogP contribution >= 0.6 is 11.3 Å². The van der Waals surface area contributed by atoms with Crippen molar-refractivity contribution in [1.82, 2.24) is 25.7 Å². The van der Waals surface area contributed by atoms with Crippen molar-refractivity contribution < 1.29 is 46.3 Å². The third kappa shape index (κ3) is 7.20. The molecule has 2 saturated heterocycles. The number of carbonyl (C=O) groups is 3. The third-order valence-corrected chi connectivity index (χ3v) is 7.85. The number of nitrogen functional groups attached to an aromatic ring is 1. The van der Waals surface area contributed by atoms with Crippen molar-refractivity contribution in [2.45, 2.75) is 37.6 Å². The molecule has 2 fully saturated rings. The van der Waals surface area contributed by atoms with Gasteiger partial charge in [-0.1, -0.05) is 5.16 Å². The van der Waals surface area contributed by atoms with Gasteiger partial charge >= 0.3 is 16.4 Å². The van der Waals surface area contributed by atoms with Crippen LogP contribution in [0.4, 0.5) is 10.9 Å². The molecule has 0 saturated carbocycles. The van der Waals surface area contributed by atoms with Gasteiger partial charge in [0.05, 0.1) is 17.1 Å². The molecule has 2 aliphatic heterocycles. The van der Waals surface area contributed by atoms with Gasteiger partial charge < -0.3 is 36.4 Å². The predicted molar refractivity (Wildman–Crippen MR) is 159 cm³/mol.